The third kappa shape index (κ3) is 3.36. The van der Waals surface area contributed by atoms with E-state index in [1.807, 2.05) is 12.1 Å². The van der Waals surface area contributed by atoms with E-state index in [1.54, 1.807) is 16.8 Å². The summed E-state index contributed by atoms with van der Waals surface area (Å²) < 4.78 is 1.62. The van der Waals surface area contributed by atoms with Gasteiger partial charge in [-0.1, -0.05) is 29.8 Å². The number of nitrogens with zero attached hydrogens (tertiary/aromatic N) is 4. The van der Waals surface area contributed by atoms with E-state index < -0.39 is 0 Å². The minimum atomic E-state index is -0.149. The second kappa shape index (κ2) is 6.44. The highest BCUT2D eigenvalue weighted by molar-refractivity contribution is 8.00. The number of rotatable bonds is 3. The molecule has 1 atom stereocenters. The molecule has 6 nitrogen and oxygen atoms in total. The minimum Gasteiger partial charge on any atom is -0.355 e. The molecule has 1 aromatic heterocycles. The van der Waals surface area contributed by atoms with Gasteiger partial charge >= 0.3 is 0 Å². The number of benzene rings is 1. The zero-order valence-electron chi connectivity index (χ0n) is 11.2. The van der Waals surface area contributed by atoms with Gasteiger partial charge in [0.05, 0.1) is 10.9 Å². The molecule has 0 saturated carbocycles. The molecule has 1 aliphatic heterocycles. The van der Waals surface area contributed by atoms with Crippen molar-refractivity contribution >= 4 is 29.3 Å². The van der Waals surface area contributed by atoms with Gasteiger partial charge in [-0.05, 0) is 47.5 Å². The molecule has 0 spiro atoms. The Kier molecular flexibility index (Phi) is 4.40. The highest BCUT2D eigenvalue weighted by atomic mass is 35.5. The first-order valence-electron chi connectivity index (χ1n) is 6.73. The van der Waals surface area contributed by atoms with Gasteiger partial charge in [0.15, 0.2) is 0 Å². The van der Waals surface area contributed by atoms with Crippen molar-refractivity contribution in [2.75, 3.05) is 6.54 Å². The molecule has 0 radical (unpaired) electrons. The summed E-state index contributed by atoms with van der Waals surface area (Å²) in [6, 6.07) is 7.25. The van der Waals surface area contributed by atoms with Crippen LogP contribution < -0.4 is 5.32 Å². The van der Waals surface area contributed by atoms with Crippen molar-refractivity contribution in [1.29, 1.82) is 0 Å². The molecule has 0 bridgehead atoms. The van der Waals surface area contributed by atoms with Crippen molar-refractivity contribution in [3.8, 4) is 5.69 Å². The number of nitrogens with one attached hydrogen (secondary N) is 1. The van der Waals surface area contributed by atoms with Crippen LogP contribution in [0.3, 0.4) is 0 Å². The molecular formula is C13H14ClN5OS. The number of aromatic nitrogens is 4. The van der Waals surface area contributed by atoms with Crippen LogP contribution in [0.2, 0.25) is 5.02 Å². The van der Waals surface area contributed by atoms with Gasteiger partial charge in [0.25, 0.3) is 0 Å². The van der Waals surface area contributed by atoms with Crippen molar-refractivity contribution < 1.29 is 4.79 Å². The third-order valence-corrected chi connectivity index (χ3v) is 4.70. The lowest BCUT2D eigenvalue weighted by molar-refractivity contribution is -0.120. The maximum atomic E-state index is 12.0. The van der Waals surface area contributed by atoms with E-state index in [-0.39, 0.29) is 11.2 Å². The SMILES string of the molecule is O=C1NCCCC[C@@H]1Sc1nnnn1-c1ccc(Cl)cc1. The Balaban J connectivity index is 1.82. The van der Waals surface area contributed by atoms with E-state index in [9.17, 15) is 4.79 Å². The zero-order valence-corrected chi connectivity index (χ0v) is 12.8. The fraction of sp³-hybridized carbons (Fsp3) is 0.385. The van der Waals surface area contributed by atoms with Gasteiger partial charge in [0.2, 0.25) is 11.1 Å². The summed E-state index contributed by atoms with van der Waals surface area (Å²) >= 11 is 7.29. The lowest BCUT2D eigenvalue weighted by Crippen LogP contribution is -2.30. The van der Waals surface area contributed by atoms with Crippen LogP contribution >= 0.6 is 23.4 Å². The molecule has 1 aliphatic rings. The lowest BCUT2D eigenvalue weighted by atomic mass is 10.2. The predicted molar refractivity (Wildman–Crippen MR) is 80.7 cm³/mol. The standard InChI is InChI=1S/C13H14ClN5OS/c14-9-4-6-10(7-5-9)19-13(16-17-18-19)21-11-3-1-2-8-15-12(11)20/h4-7,11H,1-3,8H2,(H,15,20)/t11-/m0/s1. The quantitative estimate of drug-likeness (QED) is 0.936. The second-order valence-electron chi connectivity index (χ2n) is 4.74. The highest BCUT2D eigenvalue weighted by Gasteiger charge is 2.24. The van der Waals surface area contributed by atoms with Crippen LogP contribution in [0.5, 0.6) is 0 Å². The van der Waals surface area contributed by atoms with E-state index in [0.29, 0.717) is 10.2 Å². The number of tetrazole rings is 1. The van der Waals surface area contributed by atoms with Crippen molar-refractivity contribution in [3.05, 3.63) is 29.3 Å². The van der Waals surface area contributed by atoms with Crippen molar-refractivity contribution in [1.82, 2.24) is 25.5 Å². The molecule has 1 saturated heterocycles. The molecule has 1 N–H and O–H groups in total. The summed E-state index contributed by atoms with van der Waals surface area (Å²) in [5.74, 6) is 0.0585. The van der Waals surface area contributed by atoms with Gasteiger partial charge in [-0.2, -0.15) is 4.68 Å². The van der Waals surface area contributed by atoms with Crippen LogP contribution in [0.15, 0.2) is 29.4 Å². The Morgan fingerprint density at radius 1 is 1.29 bits per heavy atom. The average molecular weight is 324 g/mol. The Bertz CT molecular complexity index is 630. The molecule has 0 unspecified atom stereocenters. The number of thioether (sulfide) groups is 1. The van der Waals surface area contributed by atoms with Crippen LogP contribution in [0.25, 0.3) is 5.69 Å². The van der Waals surface area contributed by atoms with Crippen LogP contribution in [0.1, 0.15) is 19.3 Å². The summed E-state index contributed by atoms with van der Waals surface area (Å²) in [5, 5.41) is 15.8. The number of halogens is 1. The fourth-order valence-corrected chi connectivity index (χ4v) is 3.33. The molecule has 21 heavy (non-hydrogen) atoms. The number of hydrogen-bond acceptors (Lipinski definition) is 5. The van der Waals surface area contributed by atoms with Gasteiger partial charge in [-0.25, -0.2) is 0 Å². The van der Waals surface area contributed by atoms with E-state index in [2.05, 4.69) is 20.8 Å². The zero-order chi connectivity index (χ0) is 14.7. The molecular weight excluding hydrogens is 310 g/mol. The molecule has 1 amide bonds. The highest BCUT2D eigenvalue weighted by Crippen LogP contribution is 2.27. The first-order valence-corrected chi connectivity index (χ1v) is 7.98. The van der Waals surface area contributed by atoms with Crippen LogP contribution in [-0.2, 0) is 4.79 Å². The number of hydrogen-bond donors (Lipinski definition) is 1. The van der Waals surface area contributed by atoms with E-state index in [1.165, 1.54) is 11.8 Å². The summed E-state index contributed by atoms with van der Waals surface area (Å²) in [6.07, 6.45) is 2.88. The average Bonchev–Trinajstić information content (AvgIpc) is 2.85. The fourth-order valence-electron chi connectivity index (χ4n) is 2.15. The van der Waals surface area contributed by atoms with Crippen LogP contribution in [0, 0.1) is 0 Å². The van der Waals surface area contributed by atoms with Gasteiger partial charge in [0.1, 0.15) is 0 Å². The molecule has 0 aliphatic carbocycles. The van der Waals surface area contributed by atoms with Gasteiger partial charge in [-0.3, -0.25) is 4.79 Å². The van der Waals surface area contributed by atoms with Crippen molar-refractivity contribution in [2.24, 2.45) is 0 Å². The number of carbonyl (C=O) groups is 1. The normalized spacial score (nSPS) is 19.1. The Morgan fingerprint density at radius 2 is 2.10 bits per heavy atom. The number of amides is 1. The monoisotopic (exact) mass is 323 g/mol. The number of carbonyl (C=O) groups excluding carboxylic acids is 1. The molecule has 110 valence electrons. The minimum absolute atomic E-state index is 0.0585. The maximum Gasteiger partial charge on any atom is 0.233 e. The lowest BCUT2D eigenvalue weighted by Gasteiger charge is -2.12. The molecule has 1 aromatic carbocycles. The Morgan fingerprint density at radius 3 is 2.90 bits per heavy atom. The van der Waals surface area contributed by atoms with Crippen LogP contribution in [-0.4, -0.2) is 37.9 Å². The largest absolute Gasteiger partial charge is 0.355 e. The van der Waals surface area contributed by atoms with E-state index in [0.717, 1.165) is 31.5 Å². The topological polar surface area (TPSA) is 72.7 Å². The van der Waals surface area contributed by atoms with E-state index in [4.69, 9.17) is 11.6 Å². The molecule has 2 heterocycles. The Hall–Kier alpha value is -1.60. The van der Waals surface area contributed by atoms with Crippen molar-refractivity contribution in [2.45, 2.75) is 29.7 Å². The third-order valence-electron chi connectivity index (χ3n) is 3.24. The summed E-state index contributed by atoms with van der Waals surface area (Å²) in [6.45, 7) is 0.748. The Labute approximate surface area is 131 Å². The first-order chi connectivity index (χ1) is 10.2. The molecule has 8 heteroatoms. The first kappa shape index (κ1) is 14.3. The van der Waals surface area contributed by atoms with Gasteiger partial charge in [0, 0.05) is 11.6 Å². The summed E-state index contributed by atoms with van der Waals surface area (Å²) in [7, 11) is 0. The molecule has 1 fully saturated rings. The smallest absolute Gasteiger partial charge is 0.233 e. The molecule has 2 aromatic rings. The van der Waals surface area contributed by atoms with E-state index >= 15 is 0 Å². The summed E-state index contributed by atoms with van der Waals surface area (Å²) in [4.78, 5) is 12.0. The molecule has 3 rings (SSSR count). The second-order valence-corrected chi connectivity index (χ2v) is 6.35. The van der Waals surface area contributed by atoms with Crippen molar-refractivity contribution in [3.63, 3.8) is 0 Å². The summed E-state index contributed by atoms with van der Waals surface area (Å²) in [5.41, 5.74) is 0.820. The van der Waals surface area contributed by atoms with Gasteiger partial charge in [-0.15, -0.1) is 5.10 Å². The van der Waals surface area contributed by atoms with Gasteiger partial charge < -0.3 is 5.32 Å². The maximum absolute atomic E-state index is 12.0. The van der Waals surface area contributed by atoms with Crippen LogP contribution in [0.4, 0.5) is 0 Å². The predicted octanol–water partition coefficient (Wildman–Crippen LogP) is 2.08.